The number of aromatic amines is 1. The molecule has 2 N–H and O–H groups in total. The van der Waals surface area contributed by atoms with Crippen LogP contribution in [0.4, 0.5) is 4.79 Å². The van der Waals surface area contributed by atoms with Crippen LogP contribution in [0, 0.1) is 0 Å². The first-order valence-electron chi connectivity index (χ1n) is 3.34. The minimum atomic E-state index is -0.500. The number of halogens is 1. The van der Waals surface area contributed by atoms with Crippen molar-refractivity contribution in [3.05, 3.63) is 24.0 Å². The van der Waals surface area contributed by atoms with Crippen molar-refractivity contribution in [2.45, 2.75) is 6.42 Å². The van der Waals surface area contributed by atoms with Gasteiger partial charge in [0.2, 0.25) is 0 Å². The molecule has 0 aromatic carbocycles. The lowest BCUT2D eigenvalue weighted by molar-refractivity contribution is 0.260. The van der Waals surface area contributed by atoms with Gasteiger partial charge in [0.15, 0.2) is 0 Å². The zero-order chi connectivity index (χ0) is 8.10. The van der Waals surface area contributed by atoms with Gasteiger partial charge < -0.3 is 10.3 Å². The van der Waals surface area contributed by atoms with Gasteiger partial charge in [0.1, 0.15) is 0 Å². The summed E-state index contributed by atoms with van der Waals surface area (Å²) in [6, 6.07) is 1.96. The number of H-pyrrole nitrogens is 1. The van der Waals surface area contributed by atoms with Crippen LogP contribution in [-0.4, -0.2) is 16.9 Å². The van der Waals surface area contributed by atoms with Gasteiger partial charge in [0.25, 0.3) is 0 Å². The maximum absolute atomic E-state index is 10.2. The largest absolute Gasteiger partial charge is 0.367 e. The van der Waals surface area contributed by atoms with Crippen LogP contribution in [0.1, 0.15) is 5.56 Å². The molecule has 0 spiro atoms. The molecule has 0 bridgehead atoms. The molecule has 0 aliphatic rings. The third kappa shape index (κ3) is 3.09. The Balaban J connectivity index is 2.19. The Morgan fingerprint density at radius 3 is 3.09 bits per heavy atom. The van der Waals surface area contributed by atoms with Crippen LogP contribution in [0.25, 0.3) is 0 Å². The normalized spacial score (nSPS) is 9.55. The Morgan fingerprint density at radius 1 is 1.73 bits per heavy atom. The van der Waals surface area contributed by atoms with Gasteiger partial charge in [-0.1, -0.05) is 0 Å². The molecule has 60 valence electrons. The highest BCUT2D eigenvalue weighted by Crippen LogP contribution is 1.95. The summed E-state index contributed by atoms with van der Waals surface area (Å²) in [6.45, 7) is 0.584. The fourth-order valence-electron chi connectivity index (χ4n) is 0.819. The van der Waals surface area contributed by atoms with Crippen LogP contribution in [0.15, 0.2) is 18.5 Å². The molecular weight excluding hydrogens is 164 g/mol. The van der Waals surface area contributed by atoms with E-state index in [2.05, 4.69) is 10.3 Å². The Labute approximate surface area is 69.8 Å². The average molecular weight is 173 g/mol. The van der Waals surface area contributed by atoms with Crippen molar-refractivity contribution in [3.63, 3.8) is 0 Å². The van der Waals surface area contributed by atoms with Crippen molar-refractivity contribution >= 4 is 17.0 Å². The zero-order valence-corrected chi connectivity index (χ0v) is 6.69. The van der Waals surface area contributed by atoms with Crippen LogP contribution in [-0.2, 0) is 6.42 Å². The minimum absolute atomic E-state index is 0.500. The third-order valence-corrected chi connectivity index (χ3v) is 1.47. The predicted molar refractivity (Wildman–Crippen MR) is 43.7 cm³/mol. The lowest BCUT2D eigenvalue weighted by Gasteiger charge is -1.96. The topological polar surface area (TPSA) is 44.9 Å². The fraction of sp³-hybridized carbons (Fsp3) is 0.286. The molecular formula is C7H9ClN2O. The Hall–Kier alpha value is -0.960. The molecule has 1 heterocycles. The van der Waals surface area contributed by atoms with Crippen molar-refractivity contribution in [3.8, 4) is 0 Å². The molecule has 0 unspecified atom stereocenters. The SMILES string of the molecule is O=C(Cl)NCCc1cc[nH]c1. The fourth-order valence-corrected chi connectivity index (χ4v) is 0.914. The second-order valence-electron chi connectivity index (χ2n) is 2.17. The summed E-state index contributed by atoms with van der Waals surface area (Å²) >= 11 is 5.06. The van der Waals surface area contributed by atoms with E-state index in [1.807, 2.05) is 18.5 Å². The van der Waals surface area contributed by atoms with E-state index in [0.717, 1.165) is 12.0 Å². The lowest BCUT2D eigenvalue weighted by Crippen LogP contribution is -2.19. The molecule has 4 heteroatoms. The first-order chi connectivity index (χ1) is 5.29. The summed E-state index contributed by atoms with van der Waals surface area (Å²) in [5.74, 6) is 0. The Morgan fingerprint density at radius 2 is 2.55 bits per heavy atom. The molecule has 1 aromatic heterocycles. The monoisotopic (exact) mass is 172 g/mol. The first-order valence-corrected chi connectivity index (χ1v) is 3.72. The number of hydrogen-bond acceptors (Lipinski definition) is 1. The van der Waals surface area contributed by atoms with Crippen LogP contribution in [0.3, 0.4) is 0 Å². The zero-order valence-electron chi connectivity index (χ0n) is 5.93. The Bertz CT molecular complexity index is 220. The molecule has 0 radical (unpaired) electrons. The highest BCUT2D eigenvalue weighted by atomic mass is 35.5. The molecule has 0 fully saturated rings. The van der Waals surface area contributed by atoms with Gasteiger partial charge in [-0.3, -0.25) is 4.79 Å². The van der Waals surface area contributed by atoms with Gasteiger partial charge in [0.05, 0.1) is 0 Å². The lowest BCUT2D eigenvalue weighted by atomic mass is 10.2. The number of carbonyl (C=O) groups is 1. The second-order valence-corrected chi connectivity index (χ2v) is 2.51. The van der Waals surface area contributed by atoms with Gasteiger partial charge in [-0.15, -0.1) is 0 Å². The number of nitrogens with one attached hydrogen (secondary N) is 2. The maximum atomic E-state index is 10.2. The maximum Gasteiger partial charge on any atom is 0.313 e. The summed E-state index contributed by atoms with van der Waals surface area (Å²) in [5.41, 5.74) is 1.16. The van der Waals surface area contributed by atoms with Gasteiger partial charge in [-0.05, 0) is 29.7 Å². The molecule has 1 amide bonds. The van der Waals surface area contributed by atoms with E-state index in [0.29, 0.717) is 6.54 Å². The Kier molecular flexibility index (Phi) is 2.98. The van der Waals surface area contributed by atoms with Crippen LogP contribution >= 0.6 is 11.6 Å². The predicted octanol–water partition coefficient (Wildman–Crippen LogP) is 1.51. The number of hydrogen-bond donors (Lipinski definition) is 2. The second kappa shape index (κ2) is 4.03. The van der Waals surface area contributed by atoms with Crippen molar-refractivity contribution in [1.29, 1.82) is 0 Å². The number of aromatic nitrogens is 1. The molecule has 0 saturated heterocycles. The summed E-state index contributed by atoms with van der Waals surface area (Å²) in [7, 11) is 0. The molecule has 1 aromatic rings. The van der Waals surface area contributed by atoms with Crippen molar-refractivity contribution in [2.24, 2.45) is 0 Å². The van der Waals surface area contributed by atoms with E-state index in [9.17, 15) is 4.79 Å². The van der Waals surface area contributed by atoms with Gasteiger partial charge in [-0.2, -0.15) is 0 Å². The standard InChI is InChI=1S/C7H9ClN2O/c8-7(11)10-4-2-6-1-3-9-5-6/h1,3,5,9H,2,4H2,(H,10,11). The van der Waals surface area contributed by atoms with E-state index >= 15 is 0 Å². The molecule has 0 saturated carbocycles. The van der Waals surface area contributed by atoms with E-state index in [-0.39, 0.29) is 0 Å². The molecule has 1 rings (SSSR count). The molecule has 0 atom stereocenters. The molecule has 0 aliphatic heterocycles. The average Bonchev–Trinajstić information content (AvgIpc) is 2.39. The van der Waals surface area contributed by atoms with E-state index in [1.165, 1.54) is 0 Å². The third-order valence-electron chi connectivity index (χ3n) is 1.34. The van der Waals surface area contributed by atoms with Crippen molar-refractivity contribution < 1.29 is 4.79 Å². The van der Waals surface area contributed by atoms with Crippen LogP contribution in [0.5, 0.6) is 0 Å². The number of rotatable bonds is 3. The molecule has 0 aliphatic carbocycles. The summed E-state index contributed by atoms with van der Waals surface area (Å²) in [6.07, 6.45) is 4.54. The summed E-state index contributed by atoms with van der Waals surface area (Å²) < 4.78 is 0. The van der Waals surface area contributed by atoms with Crippen molar-refractivity contribution in [1.82, 2.24) is 10.3 Å². The highest BCUT2D eigenvalue weighted by Gasteiger charge is 1.94. The number of amides is 1. The quantitative estimate of drug-likeness (QED) is 0.527. The van der Waals surface area contributed by atoms with Crippen LogP contribution in [0.2, 0.25) is 0 Å². The van der Waals surface area contributed by atoms with Gasteiger partial charge >= 0.3 is 5.37 Å². The number of carbonyl (C=O) groups excluding carboxylic acids is 1. The van der Waals surface area contributed by atoms with E-state index in [1.54, 1.807) is 0 Å². The highest BCUT2D eigenvalue weighted by molar-refractivity contribution is 6.62. The molecule has 11 heavy (non-hydrogen) atoms. The van der Waals surface area contributed by atoms with Crippen molar-refractivity contribution in [2.75, 3.05) is 6.54 Å². The smallest absolute Gasteiger partial charge is 0.313 e. The van der Waals surface area contributed by atoms with Gasteiger partial charge in [-0.25, -0.2) is 0 Å². The van der Waals surface area contributed by atoms with Gasteiger partial charge in [0, 0.05) is 18.9 Å². The minimum Gasteiger partial charge on any atom is -0.367 e. The van der Waals surface area contributed by atoms with E-state index < -0.39 is 5.37 Å². The molecule has 3 nitrogen and oxygen atoms in total. The van der Waals surface area contributed by atoms with Crippen LogP contribution < -0.4 is 5.32 Å². The van der Waals surface area contributed by atoms with E-state index in [4.69, 9.17) is 11.6 Å². The summed E-state index contributed by atoms with van der Waals surface area (Å²) in [5, 5.41) is 2.00. The summed E-state index contributed by atoms with van der Waals surface area (Å²) in [4.78, 5) is 13.1. The first kappa shape index (κ1) is 8.14.